The van der Waals surface area contributed by atoms with Crippen LogP contribution in [0, 0.1) is 6.92 Å². The molecule has 0 N–H and O–H groups in total. The van der Waals surface area contributed by atoms with Crippen molar-refractivity contribution in [2.24, 2.45) is 7.05 Å². The third-order valence-corrected chi connectivity index (χ3v) is 2.76. The van der Waals surface area contributed by atoms with Crippen molar-refractivity contribution in [2.75, 3.05) is 0 Å². The number of benzene rings is 1. The van der Waals surface area contributed by atoms with E-state index in [1.165, 1.54) is 22.0 Å². The van der Waals surface area contributed by atoms with E-state index in [4.69, 9.17) is 0 Å². The molecule has 2 aromatic rings. The summed E-state index contributed by atoms with van der Waals surface area (Å²) >= 11 is 0. The summed E-state index contributed by atoms with van der Waals surface area (Å²) in [5, 5.41) is 7.45. The second-order valence-corrected chi connectivity index (χ2v) is 4.15. The minimum atomic E-state index is 0.0816. The van der Waals surface area contributed by atoms with Crippen LogP contribution in [0.25, 0.3) is 0 Å². The van der Waals surface area contributed by atoms with Crippen LogP contribution in [0.15, 0.2) is 30.5 Å². The topological polar surface area (TPSA) is 47.8 Å². The van der Waals surface area contributed by atoms with E-state index in [9.17, 15) is 4.79 Å². The molecule has 0 aliphatic carbocycles. The Balaban J connectivity index is 1.97. The molecule has 1 aromatic heterocycles. The first-order valence-corrected chi connectivity index (χ1v) is 5.60. The zero-order valence-electron chi connectivity index (χ0n) is 10.1. The van der Waals surface area contributed by atoms with E-state index in [0.717, 1.165) is 6.42 Å². The van der Waals surface area contributed by atoms with Crippen LogP contribution in [-0.4, -0.2) is 20.8 Å². The number of carbonyl (C=O) groups excluding carboxylic acids is 1. The average molecular weight is 229 g/mol. The number of hydrogen-bond donors (Lipinski definition) is 0. The Hall–Kier alpha value is -1.97. The number of aromatic nitrogens is 3. The molecule has 0 radical (unpaired) electrons. The molecule has 0 bridgehead atoms. The summed E-state index contributed by atoms with van der Waals surface area (Å²) in [5.74, 6) is 0.0816. The van der Waals surface area contributed by atoms with Crippen LogP contribution in [0.5, 0.6) is 0 Å². The van der Waals surface area contributed by atoms with E-state index in [1.54, 1.807) is 7.05 Å². The maximum Gasteiger partial charge on any atom is 0.182 e. The van der Waals surface area contributed by atoms with Crippen molar-refractivity contribution in [2.45, 2.75) is 19.8 Å². The minimum absolute atomic E-state index is 0.0816. The molecule has 17 heavy (non-hydrogen) atoms. The normalized spacial score (nSPS) is 10.5. The van der Waals surface area contributed by atoms with Gasteiger partial charge in [-0.1, -0.05) is 35.0 Å². The van der Waals surface area contributed by atoms with Crippen LogP contribution in [0.2, 0.25) is 0 Å². The minimum Gasteiger partial charge on any atom is -0.292 e. The van der Waals surface area contributed by atoms with Crippen LogP contribution >= 0.6 is 0 Å². The van der Waals surface area contributed by atoms with Gasteiger partial charge in [0.2, 0.25) is 0 Å². The summed E-state index contributed by atoms with van der Waals surface area (Å²) in [6, 6.07) is 8.24. The molecule has 0 saturated carbocycles. The van der Waals surface area contributed by atoms with Gasteiger partial charge in [-0.2, -0.15) is 0 Å². The SMILES string of the molecule is Cc1ccc(CCC(=O)c2cnnn2C)cc1. The Morgan fingerprint density at radius 1 is 1.29 bits per heavy atom. The quantitative estimate of drug-likeness (QED) is 0.753. The van der Waals surface area contributed by atoms with Crippen LogP contribution in [0.3, 0.4) is 0 Å². The van der Waals surface area contributed by atoms with Gasteiger partial charge in [0, 0.05) is 13.5 Å². The number of rotatable bonds is 4. The average Bonchev–Trinajstić information content (AvgIpc) is 2.74. The van der Waals surface area contributed by atoms with Crippen LogP contribution in [0.4, 0.5) is 0 Å². The highest BCUT2D eigenvalue weighted by Gasteiger charge is 2.10. The molecule has 1 heterocycles. The third-order valence-electron chi connectivity index (χ3n) is 2.76. The highest BCUT2D eigenvalue weighted by Crippen LogP contribution is 2.08. The molecular formula is C13H15N3O. The summed E-state index contributed by atoms with van der Waals surface area (Å²) in [4.78, 5) is 11.9. The van der Waals surface area contributed by atoms with Crippen LogP contribution in [0.1, 0.15) is 28.0 Å². The lowest BCUT2D eigenvalue weighted by atomic mass is 10.1. The molecule has 1 aromatic carbocycles. The number of Topliss-reactive ketones (excluding diaryl/α,β-unsaturated/α-hetero) is 1. The largest absolute Gasteiger partial charge is 0.292 e. The zero-order chi connectivity index (χ0) is 12.3. The van der Waals surface area contributed by atoms with E-state index in [-0.39, 0.29) is 5.78 Å². The first-order chi connectivity index (χ1) is 8.16. The number of nitrogens with zero attached hydrogens (tertiary/aromatic N) is 3. The van der Waals surface area contributed by atoms with E-state index in [2.05, 4.69) is 41.5 Å². The molecule has 0 atom stereocenters. The molecule has 0 spiro atoms. The van der Waals surface area contributed by atoms with Crippen molar-refractivity contribution in [1.29, 1.82) is 0 Å². The van der Waals surface area contributed by atoms with Gasteiger partial charge in [0.25, 0.3) is 0 Å². The highest BCUT2D eigenvalue weighted by atomic mass is 16.1. The van der Waals surface area contributed by atoms with Gasteiger partial charge >= 0.3 is 0 Å². The second kappa shape index (κ2) is 4.91. The predicted molar refractivity (Wildman–Crippen MR) is 64.8 cm³/mol. The Morgan fingerprint density at radius 3 is 2.59 bits per heavy atom. The molecule has 0 saturated heterocycles. The van der Waals surface area contributed by atoms with Crippen molar-refractivity contribution in [3.63, 3.8) is 0 Å². The van der Waals surface area contributed by atoms with Crippen molar-refractivity contribution < 1.29 is 4.79 Å². The number of carbonyl (C=O) groups is 1. The molecule has 0 aliphatic rings. The summed E-state index contributed by atoms with van der Waals surface area (Å²) < 4.78 is 1.51. The summed E-state index contributed by atoms with van der Waals surface area (Å²) in [5.41, 5.74) is 2.98. The van der Waals surface area contributed by atoms with Crippen LogP contribution < -0.4 is 0 Å². The van der Waals surface area contributed by atoms with Gasteiger partial charge in [0.05, 0.1) is 6.20 Å². The highest BCUT2D eigenvalue weighted by molar-refractivity contribution is 5.94. The van der Waals surface area contributed by atoms with Gasteiger partial charge in [0.15, 0.2) is 5.78 Å². The lowest BCUT2D eigenvalue weighted by Crippen LogP contribution is -2.07. The fraction of sp³-hybridized carbons (Fsp3) is 0.308. The van der Waals surface area contributed by atoms with Crippen molar-refractivity contribution in [3.8, 4) is 0 Å². The molecule has 0 unspecified atom stereocenters. The smallest absolute Gasteiger partial charge is 0.182 e. The summed E-state index contributed by atoms with van der Waals surface area (Å²) in [7, 11) is 1.73. The number of hydrogen-bond acceptors (Lipinski definition) is 3. The van der Waals surface area contributed by atoms with Gasteiger partial charge in [0.1, 0.15) is 5.69 Å². The molecule has 2 rings (SSSR count). The lowest BCUT2D eigenvalue weighted by molar-refractivity contribution is 0.0974. The Labute approximate surface area is 100 Å². The molecule has 4 nitrogen and oxygen atoms in total. The van der Waals surface area contributed by atoms with Gasteiger partial charge in [-0.3, -0.25) is 4.79 Å². The molecule has 4 heteroatoms. The number of aryl methyl sites for hydroxylation is 3. The van der Waals surface area contributed by atoms with E-state index < -0.39 is 0 Å². The maximum absolute atomic E-state index is 11.9. The van der Waals surface area contributed by atoms with E-state index >= 15 is 0 Å². The predicted octanol–water partition coefficient (Wildman–Crippen LogP) is 1.94. The maximum atomic E-state index is 11.9. The lowest BCUT2D eigenvalue weighted by Gasteiger charge is -2.02. The summed E-state index contributed by atoms with van der Waals surface area (Å²) in [6.45, 7) is 2.05. The summed E-state index contributed by atoms with van der Waals surface area (Å²) in [6.07, 6.45) is 2.76. The fourth-order valence-electron chi connectivity index (χ4n) is 1.68. The van der Waals surface area contributed by atoms with Gasteiger partial charge < -0.3 is 0 Å². The van der Waals surface area contributed by atoms with Gasteiger partial charge in [-0.15, -0.1) is 5.10 Å². The molecular weight excluding hydrogens is 214 g/mol. The van der Waals surface area contributed by atoms with Gasteiger partial charge in [-0.05, 0) is 18.9 Å². The van der Waals surface area contributed by atoms with Gasteiger partial charge in [-0.25, -0.2) is 4.68 Å². The first-order valence-electron chi connectivity index (χ1n) is 5.60. The molecule has 88 valence electrons. The standard InChI is InChI=1S/C13H15N3O/c1-10-3-5-11(6-4-10)7-8-13(17)12-9-14-15-16(12)2/h3-6,9H,7-8H2,1-2H3. The Bertz CT molecular complexity index is 514. The molecule has 0 fully saturated rings. The third kappa shape index (κ3) is 2.78. The van der Waals surface area contributed by atoms with Crippen LogP contribution in [-0.2, 0) is 13.5 Å². The first kappa shape index (κ1) is 11.5. The van der Waals surface area contributed by atoms with Crippen molar-refractivity contribution >= 4 is 5.78 Å². The second-order valence-electron chi connectivity index (χ2n) is 4.15. The molecule has 0 aliphatic heterocycles. The number of ketones is 1. The van der Waals surface area contributed by atoms with Crippen molar-refractivity contribution in [3.05, 3.63) is 47.3 Å². The fourth-order valence-corrected chi connectivity index (χ4v) is 1.68. The Kier molecular flexibility index (Phi) is 3.32. The van der Waals surface area contributed by atoms with E-state index in [0.29, 0.717) is 12.1 Å². The Morgan fingerprint density at radius 2 is 2.00 bits per heavy atom. The van der Waals surface area contributed by atoms with E-state index in [1.807, 2.05) is 0 Å². The zero-order valence-corrected chi connectivity index (χ0v) is 10.1. The molecule has 0 amide bonds. The monoisotopic (exact) mass is 229 g/mol. The van der Waals surface area contributed by atoms with Crippen molar-refractivity contribution in [1.82, 2.24) is 15.0 Å².